The van der Waals surface area contributed by atoms with Crippen molar-refractivity contribution in [3.63, 3.8) is 0 Å². The third-order valence-electron chi connectivity index (χ3n) is 2.41. The predicted molar refractivity (Wildman–Crippen MR) is 65.0 cm³/mol. The lowest BCUT2D eigenvalue weighted by molar-refractivity contribution is 0.0233. The fourth-order valence-electron chi connectivity index (χ4n) is 1.59. The first-order valence-corrected chi connectivity index (χ1v) is 5.53. The molecule has 1 atom stereocenters. The van der Waals surface area contributed by atoms with E-state index in [2.05, 4.69) is 15.5 Å². The summed E-state index contributed by atoms with van der Waals surface area (Å²) >= 11 is 5.64. The van der Waals surface area contributed by atoms with Gasteiger partial charge in [-0.3, -0.25) is 0 Å². The van der Waals surface area contributed by atoms with Gasteiger partial charge in [-0.25, -0.2) is 0 Å². The number of halogens is 2. The number of hydrogen-bond acceptors (Lipinski definition) is 4. The van der Waals surface area contributed by atoms with Crippen LogP contribution in [0.2, 0.25) is 5.15 Å². The van der Waals surface area contributed by atoms with Gasteiger partial charge in [0, 0.05) is 6.54 Å². The third-order valence-corrected chi connectivity index (χ3v) is 2.61. The van der Waals surface area contributed by atoms with Gasteiger partial charge >= 0.3 is 0 Å². The van der Waals surface area contributed by atoms with E-state index in [4.69, 9.17) is 16.3 Å². The maximum absolute atomic E-state index is 5.70. The highest BCUT2D eigenvalue weighted by molar-refractivity contribution is 6.29. The summed E-state index contributed by atoms with van der Waals surface area (Å²) in [5.41, 5.74) is 0.824. The van der Waals surface area contributed by atoms with Gasteiger partial charge < -0.3 is 10.1 Å². The Hall–Kier alpha value is -0.420. The summed E-state index contributed by atoms with van der Waals surface area (Å²) in [6.45, 7) is 2.54. The molecule has 0 amide bonds. The van der Waals surface area contributed by atoms with Gasteiger partial charge in [0.1, 0.15) is 0 Å². The molecule has 2 heterocycles. The predicted octanol–water partition coefficient (Wildman–Crippen LogP) is 1.82. The number of hydrogen-bond donors (Lipinski definition) is 1. The van der Waals surface area contributed by atoms with Gasteiger partial charge in [-0.05, 0) is 31.5 Å². The summed E-state index contributed by atoms with van der Waals surface area (Å²) in [5.74, 6) is 0. The standard InChI is InChI=1S/C10H14ClN3O.ClH/c11-10-4-3-8(13-14-10)7-15-9-2-1-5-12-6-9;/h3-4,9,12H,1-2,5-7H2;1H. The zero-order valence-corrected chi connectivity index (χ0v) is 10.4. The van der Waals surface area contributed by atoms with E-state index in [9.17, 15) is 0 Å². The van der Waals surface area contributed by atoms with Crippen molar-refractivity contribution >= 4 is 24.0 Å². The van der Waals surface area contributed by atoms with Crippen molar-refractivity contribution in [3.05, 3.63) is 23.0 Å². The van der Waals surface area contributed by atoms with Crippen LogP contribution < -0.4 is 5.32 Å². The molecule has 0 bridgehead atoms. The molecule has 16 heavy (non-hydrogen) atoms. The Bertz CT molecular complexity index is 301. The van der Waals surface area contributed by atoms with Gasteiger partial charge in [0.2, 0.25) is 0 Å². The van der Waals surface area contributed by atoms with Crippen LogP contribution in [0.5, 0.6) is 0 Å². The second-order valence-corrected chi connectivity index (χ2v) is 4.01. The first-order valence-electron chi connectivity index (χ1n) is 5.15. The molecule has 4 nitrogen and oxygen atoms in total. The van der Waals surface area contributed by atoms with E-state index in [0.717, 1.165) is 25.2 Å². The maximum Gasteiger partial charge on any atom is 0.151 e. The lowest BCUT2D eigenvalue weighted by Crippen LogP contribution is -2.35. The fourth-order valence-corrected chi connectivity index (χ4v) is 1.69. The van der Waals surface area contributed by atoms with Crippen LogP contribution in [0.1, 0.15) is 18.5 Å². The quantitative estimate of drug-likeness (QED) is 0.904. The van der Waals surface area contributed by atoms with E-state index in [1.807, 2.05) is 6.07 Å². The number of nitrogens with zero attached hydrogens (tertiary/aromatic N) is 2. The lowest BCUT2D eigenvalue weighted by Gasteiger charge is -2.22. The van der Waals surface area contributed by atoms with Crippen molar-refractivity contribution in [1.29, 1.82) is 0 Å². The van der Waals surface area contributed by atoms with Gasteiger partial charge in [-0.2, -0.15) is 5.10 Å². The number of nitrogens with one attached hydrogen (secondary N) is 1. The van der Waals surface area contributed by atoms with E-state index in [-0.39, 0.29) is 12.4 Å². The zero-order chi connectivity index (χ0) is 10.5. The highest BCUT2D eigenvalue weighted by Crippen LogP contribution is 2.09. The van der Waals surface area contributed by atoms with Crippen LogP contribution >= 0.6 is 24.0 Å². The molecule has 1 aromatic rings. The fraction of sp³-hybridized carbons (Fsp3) is 0.600. The van der Waals surface area contributed by atoms with Crippen LogP contribution in [-0.4, -0.2) is 29.4 Å². The monoisotopic (exact) mass is 263 g/mol. The Balaban J connectivity index is 0.00000128. The average molecular weight is 264 g/mol. The molecule has 1 fully saturated rings. The highest BCUT2D eigenvalue weighted by Gasteiger charge is 2.13. The van der Waals surface area contributed by atoms with Crippen molar-refractivity contribution in [3.8, 4) is 0 Å². The number of ether oxygens (including phenoxy) is 1. The summed E-state index contributed by atoms with van der Waals surface area (Å²) < 4.78 is 5.70. The van der Waals surface area contributed by atoms with Gasteiger partial charge in [0.05, 0.1) is 18.4 Å². The van der Waals surface area contributed by atoms with E-state index >= 15 is 0 Å². The molecule has 90 valence electrons. The summed E-state index contributed by atoms with van der Waals surface area (Å²) in [6.07, 6.45) is 2.60. The van der Waals surface area contributed by atoms with Gasteiger partial charge in [0.25, 0.3) is 0 Å². The largest absolute Gasteiger partial charge is 0.371 e. The van der Waals surface area contributed by atoms with Crippen LogP contribution in [0, 0.1) is 0 Å². The van der Waals surface area contributed by atoms with Crippen LogP contribution in [0.25, 0.3) is 0 Å². The molecule has 1 aliphatic heterocycles. The van der Waals surface area contributed by atoms with Gasteiger partial charge in [0.15, 0.2) is 5.15 Å². The molecule has 6 heteroatoms. The molecule has 1 aliphatic rings. The Morgan fingerprint density at radius 3 is 2.94 bits per heavy atom. The average Bonchev–Trinajstić information content (AvgIpc) is 2.30. The first-order chi connectivity index (χ1) is 7.34. The lowest BCUT2D eigenvalue weighted by atomic mass is 10.1. The van der Waals surface area contributed by atoms with Crippen LogP contribution in [0.15, 0.2) is 12.1 Å². The summed E-state index contributed by atoms with van der Waals surface area (Å²) in [7, 11) is 0. The Labute approximate surface area is 106 Å². The second kappa shape index (κ2) is 7.01. The van der Waals surface area contributed by atoms with E-state index in [1.165, 1.54) is 6.42 Å². The van der Waals surface area contributed by atoms with Gasteiger partial charge in [-0.1, -0.05) is 11.6 Å². The smallest absolute Gasteiger partial charge is 0.151 e. The molecule has 1 aromatic heterocycles. The van der Waals surface area contributed by atoms with Crippen LogP contribution in [0.3, 0.4) is 0 Å². The molecule has 0 aromatic carbocycles. The summed E-state index contributed by atoms with van der Waals surface area (Å²) in [6, 6.07) is 3.57. The third kappa shape index (κ3) is 4.22. The Kier molecular flexibility index (Phi) is 5.98. The number of aromatic nitrogens is 2. The number of piperidine rings is 1. The molecule has 2 rings (SSSR count). The molecule has 1 unspecified atom stereocenters. The summed E-state index contributed by atoms with van der Waals surface area (Å²) in [5, 5.41) is 11.4. The Morgan fingerprint density at radius 2 is 2.31 bits per heavy atom. The van der Waals surface area contributed by atoms with Crippen molar-refractivity contribution in [2.45, 2.75) is 25.6 Å². The Morgan fingerprint density at radius 1 is 1.44 bits per heavy atom. The normalized spacial score (nSPS) is 20.2. The molecule has 0 saturated carbocycles. The molecule has 0 radical (unpaired) electrons. The molecule has 0 spiro atoms. The molecule has 1 saturated heterocycles. The molecule has 1 N–H and O–H groups in total. The van der Waals surface area contributed by atoms with Crippen molar-refractivity contribution in [2.24, 2.45) is 0 Å². The van der Waals surface area contributed by atoms with Gasteiger partial charge in [-0.15, -0.1) is 17.5 Å². The van der Waals surface area contributed by atoms with E-state index in [0.29, 0.717) is 17.9 Å². The minimum Gasteiger partial charge on any atom is -0.371 e. The van der Waals surface area contributed by atoms with Crippen molar-refractivity contribution in [1.82, 2.24) is 15.5 Å². The summed E-state index contributed by atoms with van der Waals surface area (Å²) in [4.78, 5) is 0. The van der Waals surface area contributed by atoms with E-state index in [1.54, 1.807) is 6.07 Å². The van der Waals surface area contributed by atoms with Crippen molar-refractivity contribution < 1.29 is 4.74 Å². The minimum absolute atomic E-state index is 0. The molecular weight excluding hydrogens is 249 g/mol. The second-order valence-electron chi connectivity index (χ2n) is 3.63. The minimum atomic E-state index is 0. The SMILES string of the molecule is Cl.Clc1ccc(COC2CCCNC2)nn1. The van der Waals surface area contributed by atoms with Crippen molar-refractivity contribution in [2.75, 3.05) is 13.1 Å². The molecular formula is C10H15Cl2N3O. The molecule has 0 aliphatic carbocycles. The van der Waals surface area contributed by atoms with E-state index < -0.39 is 0 Å². The first kappa shape index (κ1) is 13.6. The maximum atomic E-state index is 5.70. The zero-order valence-electron chi connectivity index (χ0n) is 8.86. The van der Waals surface area contributed by atoms with Crippen LogP contribution in [0.4, 0.5) is 0 Å². The number of rotatable bonds is 3. The highest BCUT2D eigenvalue weighted by atomic mass is 35.5. The topological polar surface area (TPSA) is 47.0 Å². The van der Waals surface area contributed by atoms with Crippen LogP contribution in [-0.2, 0) is 11.3 Å².